The van der Waals surface area contributed by atoms with E-state index < -0.39 is 0 Å². The van der Waals surface area contributed by atoms with Crippen molar-refractivity contribution in [1.82, 2.24) is 4.98 Å². The number of H-pyrrole nitrogens is 1. The van der Waals surface area contributed by atoms with Gasteiger partial charge in [0.2, 0.25) is 0 Å². The van der Waals surface area contributed by atoms with Crippen LogP contribution >= 0.6 is 0 Å². The Bertz CT molecular complexity index is 635. The lowest BCUT2D eigenvalue weighted by molar-refractivity contribution is 0.112. The number of hydrogen-bond acceptors (Lipinski definition) is 2. The van der Waals surface area contributed by atoms with Gasteiger partial charge in [-0.05, 0) is 12.1 Å². The summed E-state index contributed by atoms with van der Waals surface area (Å²) in [7, 11) is 0. The Labute approximate surface area is 92.7 Å². The van der Waals surface area contributed by atoms with Gasteiger partial charge in [-0.3, -0.25) is 4.79 Å². The van der Waals surface area contributed by atoms with Gasteiger partial charge in [-0.15, -0.1) is 0 Å². The van der Waals surface area contributed by atoms with E-state index in [2.05, 4.69) is 16.8 Å². The van der Waals surface area contributed by atoms with Crippen molar-refractivity contribution in [3.05, 3.63) is 35.5 Å². The van der Waals surface area contributed by atoms with Gasteiger partial charge < -0.3 is 4.98 Å². The molecule has 1 N–H and O–H groups in total. The Morgan fingerprint density at radius 2 is 2.31 bits per heavy atom. The van der Waals surface area contributed by atoms with Gasteiger partial charge in [0, 0.05) is 28.2 Å². The normalized spacial score (nSPS) is 9.19. The Morgan fingerprint density at radius 3 is 3.06 bits per heavy atom. The number of benzene rings is 1. The van der Waals surface area contributed by atoms with Crippen LogP contribution in [0.3, 0.4) is 0 Å². The molecule has 0 atom stereocenters. The zero-order valence-electron chi connectivity index (χ0n) is 8.45. The fourth-order valence-corrected chi connectivity index (χ4v) is 1.59. The van der Waals surface area contributed by atoms with Crippen molar-refractivity contribution < 1.29 is 4.79 Å². The molecule has 16 heavy (non-hydrogen) atoms. The lowest BCUT2D eigenvalue weighted by Crippen LogP contribution is -1.81. The first kappa shape index (κ1) is 10.0. The largest absolute Gasteiger partial charge is 0.360 e. The van der Waals surface area contributed by atoms with E-state index in [1.807, 2.05) is 24.3 Å². The molecule has 0 bridgehead atoms. The van der Waals surface area contributed by atoms with Gasteiger partial charge in [0.1, 0.15) is 0 Å². The molecule has 1 heterocycles. The molecule has 76 valence electrons. The van der Waals surface area contributed by atoms with Crippen molar-refractivity contribution >= 4 is 17.2 Å². The maximum absolute atomic E-state index is 10.8. The van der Waals surface area contributed by atoms with Gasteiger partial charge in [-0.25, -0.2) is 0 Å². The van der Waals surface area contributed by atoms with Crippen molar-refractivity contribution in [2.75, 3.05) is 0 Å². The summed E-state index contributed by atoms with van der Waals surface area (Å²) in [4.78, 5) is 13.8. The van der Waals surface area contributed by atoms with Gasteiger partial charge in [0.05, 0.1) is 12.5 Å². The number of nitriles is 1. The minimum absolute atomic E-state index is 0.192. The molecule has 0 saturated heterocycles. The second kappa shape index (κ2) is 4.33. The van der Waals surface area contributed by atoms with Crippen molar-refractivity contribution in [1.29, 1.82) is 5.26 Å². The number of nitrogens with zero attached hydrogens (tertiary/aromatic N) is 1. The Kier molecular flexibility index (Phi) is 2.71. The van der Waals surface area contributed by atoms with E-state index in [4.69, 9.17) is 5.26 Å². The third-order valence-electron chi connectivity index (χ3n) is 2.25. The smallest absolute Gasteiger partial charge is 0.152 e. The Morgan fingerprint density at radius 1 is 1.44 bits per heavy atom. The van der Waals surface area contributed by atoms with Crippen molar-refractivity contribution in [2.45, 2.75) is 6.42 Å². The lowest BCUT2D eigenvalue weighted by atomic mass is 10.1. The van der Waals surface area contributed by atoms with Gasteiger partial charge in [-0.2, -0.15) is 5.26 Å². The summed E-state index contributed by atoms with van der Waals surface area (Å²) >= 11 is 0. The van der Waals surface area contributed by atoms with Crippen LogP contribution in [-0.2, 0) is 0 Å². The van der Waals surface area contributed by atoms with Gasteiger partial charge >= 0.3 is 0 Å². The second-order valence-electron chi connectivity index (χ2n) is 3.23. The van der Waals surface area contributed by atoms with E-state index in [1.165, 1.54) is 0 Å². The molecule has 3 nitrogen and oxygen atoms in total. The van der Waals surface area contributed by atoms with Crippen LogP contribution in [0.15, 0.2) is 24.4 Å². The number of aromatic amines is 1. The first-order valence-corrected chi connectivity index (χ1v) is 4.78. The van der Waals surface area contributed by atoms with Crippen molar-refractivity contribution in [3.8, 4) is 17.9 Å². The molecule has 2 rings (SSSR count). The van der Waals surface area contributed by atoms with E-state index in [-0.39, 0.29) is 6.42 Å². The van der Waals surface area contributed by atoms with E-state index in [0.29, 0.717) is 5.56 Å². The van der Waals surface area contributed by atoms with Crippen molar-refractivity contribution in [3.63, 3.8) is 0 Å². The number of aromatic nitrogens is 1. The SMILES string of the molecule is N#CCC#Cc1cccc2[nH]cc(C=O)c12. The summed E-state index contributed by atoms with van der Waals surface area (Å²) in [6, 6.07) is 7.55. The molecule has 0 fully saturated rings. The fourth-order valence-electron chi connectivity index (χ4n) is 1.59. The Hall–Kier alpha value is -2.52. The van der Waals surface area contributed by atoms with Crippen LogP contribution in [0.5, 0.6) is 0 Å². The van der Waals surface area contributed by atoms with Crippen LogP contribution in [-0.4, -0.2) is 11.3 Å². The molecule has 1 aromatic carbocycles. The average Bonchev–Trinajstić information content (AvgIpc) is 2.73. The molecule has 0 unspecified atom stereocenters. The third-order valence-corrected chi connectivity index (χ3v) is 2.25. The number of aldehydes is 1. The molecule has 0 saturated carbocycles. The first-order chi connectivity index (χ1) is 7.86. The number of hydrogen-bond donors (Lipinski definition) is 1. The van der Waals surface area contributed by atoms with E-state index in [9.17, 15) is 4.79 Å². The molecule has 0 radical (unpaired) electrons. The van der Waals surface area contributed by atoms with Gasteiger partial charge in [0.25, 0.3) is 0 Å². The molecule has 0 amide bonds. The highest BCUT2D eigenvalue weighted by molar-refractivity contribution is 6.00. The summed E-state index contributed by atoms with van der Waals surface area (Å²) in [6.07, 6.45) is 2.65. The minimum atomic E-state index is 0.192. The predicted molar refractivity (Wildman–Crippen MR) is 60.8 cm³/mol. The fraction of sp³-hybridized carbons (Fsp3) is 0.0769. The second-order valence-corrected chi connectivity index (χ2v) is 3.23. The molecule has 2 aromatic rings. The summed E-state index contributed by atoms with van der Waals surface area (Å²) in [6.45, 7) is 0. The number of nitrogens with one attached hydrogen (secondary N) is 1. The highest BCUT2D eigenvalue weighted by Crippen LogP contribution is 2.20. The zero-order chi connectivity index (χ0) is 11.4. The van der Waals surface area contributed by atoms with Crippen LogP contribution in [0.1, 0.15) is 22.3 Å². The Balaban J connectivity index is 2.62. The summed E-state index contributed by atoms with van der Waals surface area (Å²) in [5, 5.41) is 9.23. The topological polar surface area (TPSA) is 56.6 Å². The number of carbonyl (C=O) groups is 1. The monoisotopic (exact) mass is 208 g/mol. The summed E-state index contributed by atoms with van der Waals surface area (Å²) < 4.78 is 0. The average molecular weight is 208 g/mol. The van der Waals surface area contributed by atoms with Gasteiger partial charge in [0.15, 0.2) is 6.29 Å². The molecular formula is C13H8N2O. The lowest BCUT2D eigenvalue weighted by Gasteiger charge is -1.94. The molecule has 0 aliphatic rings. The van der Waals surface area contributed by atoms with E-state index in [0.717, 1.165) is 22.8 Å². The molecular weight excluding hydrogens is 200 g/mol. The third kappa shape index (κ3) is 1.67. The quantitative estimate of drug-likeness (QED) is 0.577. The number of rotatable bonds is 1. The highest BCUT2D eigenvalue weighted by Gasteiger charge is 2.05. The van der Waals surface area contributed by atoms with E-state index >= 15 is 0 Å². The van der Waals surface area contributed by atoms with Crippen LogP contribution < -0.4 is 0 Å². The van der Waals surface area contributed by atoms with Crippen LogP contribution in [0, 0.1) is 23.2 Å². The standard InChI is InChI=1S/C13H8N2O/c14-7-2-1-4-10-5-3-6-12-13(10)11(9-16)8-15-12/h3,5-6,8-9,15H,2H2. The van der Waals surface area contributed by atoms with Crippen LogP contribution in [0.25, 0.3) is 10.9 Å². The molecule has 3 heteroatoms. The first-order valence-electron chi connectivity index (χ1n) is 4.78. The van der Waals surface area contributed by atoms with Crippen molar-refractivity contribution in [2.24, 2.45) is 0 Å². The number of carbonyl (C=O) groups excluding carboxylic acids is 1. The minimum Gasteiger partial charge on any atom is -0.360 e. The molecule has 0 aliphatic carbocycles. The highest BCUT2D eigenvalue weighted by atomic mass is 16.1. The molecule has 0 aliphatic heterocycles. The van der Waals surface area contributed by atoms with Crippen LogP contribution in [0.4, 0.5) is 0 Å². The predicted octanol–water partition coefficient (Wildman–Crippen LogP) is 2.25. The van der Waals surface area contributed by atoms with Crippen LogP contribution in [0.2, 0.25) is 0 Å². The maximum Gasteiger partial charge on any atom is 0.152 e. The summed E-state index contributed by atoms with van der Waals surface area (Å²) in [5.41, 5.74) is 2.25. The zero-order valence-corrected chi connectivity index (χ0v) is 8.45. The number of fused-ring (bicyclic) bond motifs is 1. The molecule has 0 spiro atoms. The summed E-state index contributed by atoms with van der Waals surface area (Å²) in [5.74, 6) is 5.64. The maximum atomic E-state index is 10.8. The van der Waals surface area contributed by atoms with Gasteiger partial charge in [-0.1, -0.05) is 17.9 Å². The molecule has 1 aromatic heterocycles. The van der Waals surface area contributed by atoms with E-state index in [1.54, 1.807) is 6.20 Å².